The van der Waals surface area contributed by atoms with Crippen LogP contribution in [0.5, 0.6) is 0 Å². The molecule has 0 aliphatic carbocycles. The molecule has 94 valence electrons. The van der Waals surface area contributed by atoms with Crippen LogP contribution in [0, 0.1) is 0 Å². The first-order valence-corrected chi connectivity index (χ1v) is 6.53. The molecule has 4 nitrogen and oxygen atoms in total. The van der Waals surface area contributed by atoms with Crippen molar-refractivity contribution in [2.45, 2.75) is 11.7 Å². The number of benzene rings is 1. The Morgan fingerprint density at radius 3 is 2.72 bits per heavy atom. The summed E-state index contributed by atoms with van der Waals surface area (Å²) >= 11 is 11.9. The molecule has 1 atom stereocenters. The average Bonchev–Trinajstić information content (AvgIpc) is 2.50. The van der Waals surface area contributed by atoms with Crippen LogP contribution in [0.25, 0.3) is 0 Å². The third kappa shape index (κ3) is 2.00. The summed E-state index contributed by atoms with van der Waals surface area (Å²) in [5.41, 5.74) is 0.635. The van der Waals surface area contributed by atoms with Gasteiger partial charge in [-0.3, -0.25) is 4.79 Å². The summed E-state index contributed by atoms with van der Waals surface area (Å²) < 4.78 is -1.00. The molecule has 0 bridgehead atoms. The molecule has 18 heavy (non-hydrogen) atoms. The summed E-state index contributed by atoms with van der Waals surface area (Å²) in [4.78, 5) is 23.8. The van der Waals surface area contributed by atoms with Crippen LogP contribution < -0.4 is 0 Å². The Labute approximate surface area is 118 Å². The lowest BCUT2D eigenvalue weighted by molar-refractivity contribution is -0.127. The van der Waals surface area contributed by atoms with Crippen LogP contribution in [-0.4, -0.2) is 26.3 Å². The van der Waals surface area contributed by atoms with Gasteiger partial charge in [0.1, 0.15) is 4.75 Å². The standard InChI is InChI=1S/C11H8ClNO3S2/c1-11(6-3-2-4-7(12)5-6)8(14)13(9(15)16)10(17)18-11/h2-5H,1H3,(H,15,16). The van der Waals surface area contributed by atoms with Gasteiger partial charge >= 0.3 is 6.09 Å². The zero-order valence-electron chi connectivity index (χ0n) is 9.21. The fraction of sp³-hybridized carbons (Fsp3) is 0.182. The Hall–Kier alpha value is -1.11. The van der Waals surface area contributed by atoms with Crippen molar-refractivity contribution < 1.29 is 14.7 Å². The van der Waals surface area contributed by atoms with E-state index in [9.17, 15) is 9.59 Å². The van der Waals surface area contributed by atoms with E-state index in [1.165, 1.54) is 0 Å². The lowest BCUT2D eigenvalue weighted by atomic mass is 9.99. The highest BCUT2D eigenvalue weighted by molar-refractivity contribution is 8.24. The number of nitrogens with zero attached hydrogens (tertiary/aromatic N) is 1. The van der Waals surface area contributed by atoms with Crippen LogP contribution in [0.15, 0.2) is 24.3 Å². The van der Waals surface area contributed by atoms with E-state index >= 15 is 0 Å². The van der Waals surface area contributed by atoms with E-state index in [4.69, 9.17) is 28.9 Å². The van der Waals surface area contributed by atoms with Crippen LogP contribution in [0.4, 0.5) is 4.79 Å². The molecule has 7 heteroatoms. The van der Waals surface area contributed by atoms with Crippen molar-refractivity contribution in [3.8, 4) is 0 Å². The normalized spacial score (nSPS) is 23.6. The molecule has 0 saturated carbocycles. The molecular weight excluding hydrogens is 294 g/mol. The predicted octanol–water partition coefficient (Wildman–Crippen LogP) is 3.09. The molecule has 1 fully saturated rings. The molecule has 1 aromatic carbocycles. The zero-order valence-corrected chi connectivity index (χ0v) is 11.6. The number of carboxylic acid groups (broad SMARTS) is 1. The van der Waals surface area contributed by atoms with Gasteiger partial charge in [-0.25, -0.2) is 4.79 Å². The maximum Gasteiger partial charge on any atom is 0.419 e. The van der Waals surface area contributed by atoms with Crippen molar-refractivity contribution in [3.63, 3.8) is 0 Å². The maximum atomic E-state index is 12.2. The molecule has 1 N–H and O–H groups in total. The van der Waals surface area contributed by atoms with E-state index < -0.39 is 16.7 Å². The molecular formula is C11H8ClNO3S2. The highest BCUT2D eigenvalue weighted by atomic mass is 35.5. The summed E-state index contributed by atoms with van der Waals surface area (Å²) in [5.74, 6) is -0.563. The third-order valence-corrected chi connectivity index (χ3v) is 4.50. The molecule has 1 aliphatic heterocycles. The van der Waals surface area contributed by atoms with E-state index in [0.717, 1.165) is 11.8 Å². The van der Waals surface area contributed by atoms with Gasteiger partial charge in [-0.05, 0) is 24.6 Å². The number of rotatable bonds is 1. The number of thioether (sulfide) groups is 1. The quantitative estimate of drug-likeness (QED) is 0.808. The minimum Gasteiger partial charge on any atom is -0.464 e. The van der Waals surface area contributed by atoms with Crippen LogP contribution in [0.1, 0.15) is 12.5 Å². The molecule has 1 heterocycles. The minimum atomic E-state index is -1.36. The van der Waals surface area contributed by atoms with E-state index in [-0.39, 0.29) is 4.32 Å². The van der Waals surface area contributed by atoms with Gasteiger partial charge in [-0.15, -0.1) is 0 Å². The Balaban J connectivity index is 2.48. The van der Waals surface area contributed by atoms with Crippen molar-refractivity contribution in [1.29, 1.82) is 0 Å². The van der Waals surface area contributed by atoms with Crippen molar-refractivity contribution in [2.75, 3.05) is 0 Å². The topological polar surface area (TPSA) is 57.6 Å². The van der Waals surface area contributed by atoms with E-state index in [2.05, 4.69) is 0 Å². The van der Waals surface area contributed by atoms with Gasteiger partial charge in [0.2, 0.25) is 0 Å². The first-order chi connectivity index (χ1) is 8.36. The van der Waals surface area contributed by atoms with Crippen molar-refractivity contribution in [3.05, 3.63) is 34.9 Å². The van der Waals surface area contributed by atoms with Gasteiger partial charge in [0.05, 0.1) is 0 Å². The van der Waals surface area contributed by atoms with Gasteiger partial charge in [0.25, 0.3) is 5.91 Å². The molecule has 0 aromatic heterocycles. The second-order valence-corrected chi connectivity index (χ2v) is 6.32. The lowest BCUT2D eigenvalue weighted by Crippen LogP contribution is -2.39. The number of halogens is 1. The van der Waals surface area contributed by atoms with Crippen LogP contribution in [-0.2, 0) is 9.54 Å². The van der Waals surface area contributed by atoms with Gasteiger partial charge < -0.3 is 5.11 Å². The number of imide groups is 1. The predicted molar refractivity (Wildman–Crippen MR) is 73.9 cm³/mol. The monoisotopic (exact) mass is 301 g/mol. The summed E-state index contributed by atoms with van der Waals surface area (Å²) in [5, 5.41) is 9.45. The molecule has 1 aliphatic rings. The van der Waals surface area contributed by atoms with Crippen LogP contribution in [0.2, 0.25) is 5.02 Å². The fourth-order valence-corrected chi connectivity index (χ4v) is 3.57. The molecule has 2 rings (SSSR count). The van der Waals surface area contributed by atoms with Gasteiger partial charge in [0, 0.05) is 5.02 Å². The number of hydrogen-bond donors (Lipinski definition) is 1. The summed E-state index contributed by atoms with van der Waals surface area (Å²) in [6.45, 7) is 1.64. The Bertz CT molecular complexity index is 563. The van der Waals surface area contributed by atoms with Crippen molar-refractivity contribution >= 4 is 51.9 Å². The molecule has 1 aromatic rings. The van der Waals surface area contributed by atoms with Gasteiger partial charge in [0.15, 0.2) is 4.32 Å². The highest BCUT2D eigenvalue weighted by Gasteiger charge is 2.51. The van der Waals surface area contributed by atoms with Crippen molar-refractivity contribution in [2.24, 2.45) is 0 Å². The number of carbonyl (C=O) groups excluding carboxylic acids is 1. The van der Waals surface area contributed by atoms with Crippen LogP contribution in [0.3, 0.4) is 0 Å². The second kappa shape index (κ2) is 4.53. The number of carbonyl (C=O) groups is 2. The SMILES string of the molecule is CC1(c2cccc(Cl)c2)SC(=S)N(C(=O)O)C1=O. The summed E-state index contributed by atoms with van der Waals surface area (Å²) in [6, 6.07) is 6.76. The van der Waals surface area contributed by atoms with E-state index in [1.807, 2.05) is 0 Å². The summed E-state index contributed by atoms with van der Waals surface area (Å²) in [7, 11) is 0. The average molecular weight is 302 g/mol. The van der Waals surface area contributed by atoms with Gasteiger partial charge in [-0.2, -0.15) is 4.90 Å². The molecule has 0 spiro atoms. The number of hydrogen-bond acceptors (Lipinski definition) is 4. The molecule has 1 saturated heterocycles. The largest absolute Gasteiger partial charge is 0.464 e. The first kappa shape index (κ1) is 13.3. The van der Waals surface area contributed by atoms with Gasteiger partial charge in [-0.1, -0.05) is 47.7 Å². The highest BCUT2D eigenvalue weighted by Crippen LogP contribution is 2.45. The second-order valence-electron chi connectivity index (χ2n) is 3.83. The minimum absolute atomic E-state index is 0.0370. The fourth-order valence-electron chi connectivity index (χ4n) is 1.69. The summed E-state index contributed by atoms with van der Waals surface area (Å²) in [6.07, 6.45) is -1.36. The maximum absolute atomic E-state index is 12.2. The Kier molecular flexibility index (Phi) is 3.35. The lowest BCUT2D eigenvalue weighted by Gasteiger charge is -2.20. The zero-order chi connectivity index (χ0) is 13.5. The first-order valence-electron chi connectivity index (χ1n) is 4.93. The Morgan fingerprint density at radius 2 is 2.22 bits per heavy atom. The van der Waals surface area contributed by atoms with E-state index in [1.54, 1.807) is 31.2 Å². The number of thiocarbonyl (C=S) groups is 1. The van der Waals surface area contributed by atoms with Crippen molar-refractivity contribution in [1.82, 2.24) is 4.90 Å². The third-order valence-electron chi connectivity index (χ3n) is 2.65. The van der Waals surface area contributed by atoms with Crippen LogP contribution >= 0.6 is 35.6 Å². The molecule has 2 amide bonds. The Morgan fingerprint density at radius 1 is 1.56 bits per heavy atom. The molecule has 1 unspecified atom stereocenters. The van der Waals surface area contributed by atoms with E-state index in [0.29, 0.717) is 15.5 Å². The molecule has 0 radical (unpaired) electrons. The number of amides is 2. The smallest absolute Gasteiger partial charge is 0.419 e.